The zero-order valence-corrected chi connectivity index (χ0v) is 20.7. The third-order valence-corrected chi connectivity index (χ3v) is 7.23. The fourth-order valence-corrected chi connectivity index (χ4v) is 5.11. The molecule has 1 aromatic heterocycles. The number of piperidine rings is 2. The monoisotopic (exact) mass is 493 g/mol. The van der Waals surface area contributed by atoms with E-state index in [2.05, 4.69) is 49.5 Å². The SMILES string of the molecule is O=C(NCc1ccc(N2CCCCC2)cc1)C1CCN(Cc2nc(-c3cccc(Cl)c3)no2)CC1. The van der Waals surface area contributed by atoms with Crippen LogP contribution in [0.2, 0.25) is 5.02 Å². The Labute approximate surface area is 211 Å². The smallest absolute Gasteiger partial charge is 0.241 e. The molecular formula is C27H32ClN5O2. The molecule has 2 saturated heterocycles. The minimum absolute atomic E-state index is 0.0450. The van der Waals surface area contributed by atoms with Gasteiger partial charge in [-0.3, -0.25) is 9.69 Å². The molecule has 2 aromatic carbocycles. The largest absolute Gasteiger partial charge is 0.372 e. The van der Waals surface area contributed by atoms with E-state index in [0.717, 1.165) is 50.1 Å². The minimum Gasteiger partial charge on any atom is -0.372 e. The van der Waals surface area contributed by atoms with E-state index in [1.54, 1.807) is 0 Å². The molecule has 184 valence electrons. The molecule has 3 heterocycles. The van der Waals surface area contributed by atoms with E-state index in [1.807, 2.05) is 24.3 Å². The second kappa shape index (κ2) is 11.2. The normalized spacial score (nSPS) is 17.5. The van der Waals surface area contributed by atoms with Gasteiger partial charge in [-0.05, 0) is 75.0 Å². The first kappa shape index (κ1) is 23.8. The van der Waals surface area contributed by atoms with Crippen LogP contribution in [0.15, 0.2) is 53.1 Å². The number of benzene rings is 2. The van der Waals surface area contributed by atoms with Crippen LogP contribution in [-0.4, -0.2) is 47.1 Å². The van der Waals surface area contributed by atoms with Gasteiger partial charge in [-0.25, -0.2) is 0 Å². The van der Waals surface area contributed by atoms with Crippen LogP contribution in [0.1, 0.15) is 43.6 Å². The molecule has 0 saturated carbocycles. The number of anilines is 1. The van der Waals surface area contributed by atoms with E-state index in [-0.39, 0.29) is 11.8 Å². The number of aromatic nitrogens is 2. The lowest BCUT2D eigenvalue weighted by Crippen LogP contribution is -2.40. The Morgan fingerprint density at radius 1 is 1.03 bits per heavy atom. The van der Waals surface area contributed by atoms with Crippen molar-refractivity contribution in [2.45, 2.75) is 45.2 Å². The summed E-state index contributed by atoms with van der Waals surface area (Å²) < 4.78 is 5.44. The summed E-state index contributed by atoms with van der Waals surface area (Å²) in [5.74, 6) is 1.31. The average molecular weight is 494 g/mol. The summed E-state index contributed by atoms with van der Waals surface area (Å²) in [7, 11) is 0. The molecule has 35 heavy (non-hydrogen) atoms. The van der Waals surface area contributed by atoms with Crippen LogP contribution in [-0.2, 0) is 17.9 Å². The molecule has 0 spiro atoms. The predicted octanol–water partition coefficient (Wildman–Crippen LogP) is 4.91. The number of halogens is 1. The van der Waals surface area contributed by atoms with Gasteiger partial charge in [0.25, 0.3) is 0 Å². The summed E-state index contributed by atoms with van der Waals surface area (Å²) in [6.45, 7) is 5.11. The Morgan fingerprint density at radius 2 is 1.80 bits per heavy atom. The Morgan fingerprint density at radius 3 is 2.54 bits per heavy atom. The molecule has 3 aromatic rings. The molecule has 2 aliphatic heterocycles. The Balaban J connectivity index is 1.06. The van der Waals surface area contributed by atoms with Gasteiger partial charge in [0.05, 0.1) is 6.54 Å². The lowest BCUT2D eigenvalue weighted by Gasteiger charge is -2.30. The molecule has 2 fully saturated rings. The first-order valence-electron chi connectivity index (χ1n) is 12.6. The van der Waals surface area contributed by atoms with E-state index in [4.69, 9.17) is 16.1 Å². The second-order valence-corrected chi connectivity index (χ2v) is 9.94. The summed E-state index contributed by atoms with van der Waals surface area (Å²) in [6.07, 6.45) is 5.54. The molecule has 0 radical (unpaired) electrons. The highest BCUT2D eigenvalue weighted by Gasteiger charge is 2.26. The number of hydrogen-bond acceptors (Lipinski definition) is 6. The summed E-state index contributed by atoms with van der Waals surface area (Å²) in [6, 6.07) is 16.1. The topological polar surface area (TPSA) is 74.5 Å². The summed E-state index contributed by atoms with van der Waals surface area (Å²) in [5.41, 5.74) is 3.26. The first-order chi connectivity index (χ1) is 17.1. The van der Waals surface area contributed by atoms with Gasteiger partial charge in [0.2, 0.25) is 17.6 Å². The fourth-order valence-electron chi connectivity index (χ4n) is 4.92. The van der Waals surface area contributed by atoms with E-state index in [0.29, 0.717) is 29.8 Å². The summed E-state index contributed by atoms with van der Waals surface area (Å²) >= 11 is 6.06. The van der Waals surface area contributed by atoms with Gasteiger partial charge >= 0.3 is 0 Å². The highest BCUT2D eigenvalue weighted by atomic mass is 35.5. The van der Waals surface area contributed by atoms with Crippen LogP contribution >= 0.6 is 11.6 Å². The highest BCUT2D eigenvalue weighted by molar-refractivity contribution is 6.30. The zero-order valence-electron chi connectivity index (χ0n) is 20.0. The maximum absolute atomic E-state index is 12.7. The second-order valence-electron chi connectivity index (χ2n) is 9.50. The number of hydrogen-bond donors (Lipinski definition) is 1. The van der Waals surface area contributed by atoms with E-state index < -0.39 is 0 Å². The van der Waals surface area contributed by atoms with Crippen molar-refractivity contribution in [3.05, 3.63) is 65.0 Å². The number of carbonyl (C=O) groups is 1. The van der Waals surface area contributed by atoms with Crippen LogP contribution in [0.3, 0.4) is 0 Å². The lowest BCUT2D eigenvalue weighted by atomic mass is 9.96. The first-order valence-corrected chi connectivity index (χ1v) is 12.9. The van der Waals surface area contributed by atoms with Crippen molar-refractivity contribution in [3.63, 3.8) is 0 Å². The molecule has 0 bridgehead atoms. The van der Waals surface area contributed by atoms with Gasteiger partial charge in [-0.15, -0.1) is 0 Å². The molecule has 5 rings (SSSR count). The molecule has 0 aliphatic carbocycles. The van der Waals surface area contributed by atoms with E-state index in [1.165, 1.54) is 24.9 Å². The maximum atomic E-state index is 12.7. The zero-order chi connectivity index (χ0) is 24.0. The van der Waals surface area contributed by atoms with Gasteiger partial charge < -0.3 is 14.7 Å². The van der Waals surface area contributed by atoms with Crippen molar-refractivity contribution in [1.29, 1.82) is 0 Å². The van der Waals surface area contributed by atoms with Crippen molar-refractivity contribution in [2.75, 3.05) is 31.1 Å². The van der Waals surface area contributed by atoms with Gasteiger partial charge in [-0.1, -0.05) is 41.0 Å². The number of nitrogens with zero attached hydrogens (tertiary/aromatic N) is 4. The lowest BCUT2D eigenvalue weighted by molar-refractivity contribution is -0.126. The standard InChI is InChI=1S/C27H32ClN5O2/c28-23-6-4-5-22(17-23)26-30-25(35-31-26)19-32-15-11-21(12-16-32)27(34)29-18-20-7-9-24(10-8-20)33-13-2-1-3-14-33/h4-10,17,21H,1-3,11-16,18-19H2,(H,29,34). The van der Waals surface area contributed by atoms with Crippen LogP contribution < -0.4 is 10.2 Å². The predicted molar refractivity (Wildman–Crippen MR) is 137 cm³/mol. The number of nitrogens with one attached hydrogen (secondary N) is 1. The quantitative estimate of drug-likeness (QED) is 0.504. The molecule has 0 atom stereocenters. The molecule has 1 amide bonds. The van der Waals surface area contributed by atoms with Crippen molar-refractivity contribution >= 4 is 23.2 Å². The fraction of sp³-hybridized carbons (Fsp3) is 0.444. The Kier molecular flexibility index (Phi) is 7.64. The minimum atomic E-state index is 0.0450. The Bertz CT molecular complexity index is 1120. The maximum Gasteiger partial charge on any atom is 0.241 e. The van der Waals surface area contributed by atoms with E-state index in [9.17, 15) is 4.79 Å². The molecule has 7 nitrogen and oxygen atoms in total. The third kappa shape index (κ3) is 6.21. The van der Waals surface area contributed by atoms with Crippen LogP contribution in [0, 0.1) is 5.92 Å². The molecule has 1 N–H and O–H groups in total. The van der Waals surface area contributed by atoms with Crippen molar-refractivity contribution in [2.24, 2.45) is 5.92 Å². The van der Waals surface area contributed by atoms with Crippen molar-refractivity contribution in [1.82, 2.24) is 20.4 Å². The molecule has 8 heteroatoms. The van der Waals surface area contributed by atoms with Gasteiger partial charge in [0, 0.05) is 41.8 Å². The third-order valence-electron chi connectivity index (χ3n) is 6.99. The number of amides is 1. The van der Waals surface area contributed by atoms with Gasteiger partial charge in [-0.2, -0.15) is 4.98 Å². The van der Waals surface area contributed by atoms with E-state index >= 15 is 0 Å². The van der Waals surface area contributed by atoms with Crippen LogP contribution in [0.4, 0.5) is 5.69 Å². The van der Waals surface area contributed by atoms with Gasteiger partial charge in [0.1, 0.15) is 0 Å². The molecule has 2 aliphatic rings. The molecular weight excluding hydrogens is 462 g/mol. The van der Waals surface area contributed by atoms with Crippen LogP contribution in [0.25, 0.3) is 11.4 Å². The Hall–Kier alpha value is -2.90. The number of carbonyl (C=O) groups excluding carboxylic acids is 1. The van der Waals surface area contributed by atoms with Crippen molar-refractivity contribution < 1.29 is 9.32 Å². The average Bonchev–Trinajstić information content (AvgIpc) is 3.37. The number of rotatable bonds is 7. The van der Waals surface area contributed by atoms with Gasteiger partial charge in [0.15, 0.2) is 0 Å². The van der Waals surface area contributed by atoms with Crippen molar-refractivity contribution in [3.8, 4) is 11.4 Å². The summed E-state index contributed by atoms with van der Waals surface area (Å²) in [4.78, 5) is 22.0. The molecule has 0 unspecified atom stereocenters. The van der Waals surface area contributed by atoms with Crippen LogP contribution in [0.5, 0.6) is 0 Å². The highest BCUT2D eigenvalue weighted by Crippen LogP contribution is 2.23. The number of likely N-dealkylation sites (tertiary alicyclic amines) is 1. The summed E-state index contributed by atoms with van der Waals surface area (Å²) in [5, 5.41) is 7.86.